The molecule has 1 nitrogen and oxygen atoms in total. The molecule has 4 atom stereocenters. The molecule has 4 rings (SSSR count). The number of rotatable bonds is 0. The molecule has 1 heteroatoms. The van der Waals surface area contributed by atoms with Crippen molar-refractivity contribution in [1.82, 2.24) is 0 Å². The van der Waals surface area contributed by atoms with Crippen LogP contribution in [-0.4, -0.2) is 5.78 Å². The average molecular weight is 178 g/mol. The molecule has 0 aromatic carbocycles. The van der Waals surface area contributed by atoms with Gasteiger partial charge in [0.25, 0.3) is 0 Å². The minimum atomic E-state index is 0.0822. The lowest BCUT2D eigenvalue weighted by Crippen LogP contribution is -2.55. The van der Waals surface area contributed by atoms with Crippen molar-refractivity contribution in [1.29, 1.82) is 0 Å². The van der Waals surface area contributed by atoms with Crippen molar-refractivity contribution < 1.29 is 4.79 Å². The van der Waals surface area contributed by atoms with Crippen LogP contribution in [0.5, 0.6) is 0 Å². The van der Waals surface area contributed by atoms with Crippen LogP contribution in [0.2, 0.25) is 0 Å². The largest absolute Gasteiger partial charge is 0.299 e. The van der Waals surface area contributed by atoms with Crippen molar-refractivity contribution in [2.24, 2.45) is 22.7 Å². The molecule has 0 unspecified atom stereocenters. The number of hydrogen-bond donors (Lipinski definition) is 0. The molecule has 0 N–H and O–H groups in total. The molecule has 0 aromatic rings. The molecule has 0 spiro atoms. The summed E-state index contributed by atoms with van der Waals surface area (Å²) in [6.07, 6.45) is 6.16. The van der Waals surface area contributed by atoms with Crippen LogP contribution in [0.3, 0.4) is 0 Å². The fraction of sp³-hybridized carbons (Fsp3) is 0.917. The summed E-state index contributed by atoms with van der Waals surface area (Å²) in [6.45, 7) is 4.61. The zero-order chi connectivity index (χ0) is 9.27. The van der Waals surface area contributed by atoms with Crippen LogP contribution in [0.25, 0.3) is 0 Å². The third-order valence-electron chi connectivity index (χ3n) is 4.66. The first-order chi connectivity index (χ1) is 6.01. The first-order valence-electron chi connectivity index (χ1n) is 5.55. The van der Waals surface area contributed by atoms with E-state index in [1.807, 2.05) is 0 Å². The Morgan fingerprint density at radius 1 is 1.23 bits per heavy atom. The second-order valence-corrected chi connectivity index (χ2v) is 6.32. The Morgan fingerprint density at radius 3 is 2.62 bits per heavy atom. The van der Waals surface area contributed by atoms with Crippen LogP contribution in [0.15, 0.2) is 0 Å². The van der Waals surface area contributed by atoms with Gasteiger partial charge in [-0.2, -0.15) is 0 Å². The van der Waals surface area contributed by atoms with Crippen LogP contribution >= 0.6 is 0 Å². The van der Waals surface area contributed by atoms with Crippen LogP contribution in [-0.2, 0) is 4.79 Å². The van der Waals surface area contributed by atoms with Crippen LogP contribution < -0.4 is 0 Å². The van der Waals surface area contributed by atoms with E-state index in [2.05, 4.69) is 13.8 Å². The molecule has 0 saturated heterocycles. The van der Waals surface area contributed by atoms with Gasteiger partial charge in [-0.1, -0.05) is 13.8 Å². The third-order valence-corrected chi connectivity index (χ3v) is 4.66. The van der Waals surface area contributed by atoms with Crippen LogP contribution in [0.1, 0.15) is 46.0 Å². The van der Waals surface area contributed by atoms with E-state index in [9.17, 15) is 4.79 Å². The minimum Gasteiger partial charge on any atom is -0.299 e. The highest BCUT2D eigenvalue weighted by Gasteiger charge is 2.58. The van der Waals surface area contributed by atoms with Gasteiger partial charge in [0, 0.05) is 11.3 Å². The van der Waals surface area contributed by atoms with Gasteiger partial charge in [0.05, 0.1) is 0 Å². The fourth-order valence-electron chi connectivity index (χ4n) is 4.78. The third kappa shape index (κ3) is 0.908. The Labute approximate surface area is 79.9 Å². The molecule has 0 aromatic heterocycles. The van der Waals surface area contributed by atoms with E-state index in [0.29, 0.717) is 17.1 Å². The van der Waals surface area contributed by atoms with Crippen molar-refractivity contribution in [2.45, 2.75) is 46.0 Å². The molecular weight excluding hydrogens is 160 g/mol. The quantitative estimate of drug-likeness (QED) is 0.557. The second-order valence-electron chi connectivity index (χ2n) is 6.32. The summed E-state index contributed by atoms with van der Waals surface area (Å²) >= 11 is 0. The molecule has 0 amide bonds. The van der Waals surface area contributed by atoms with Crippen molar-refractivity contribution in [3.63, 3.8) is 0 Å². The van der Waals surface area contributed by atoms with Crippen LogP contribution in [0.4, 0.5) is 0 Å². The summed E-state index contributed by atoms with van der Waals surface area (Å²) in [5, 5.41) is 0. The second kappa shape index (κ2) is 2.02. The summed E-state index contributed by atoms with van der Waals surface area (Å²) in [6, 6.07) is 0. The molecule has 4 bridgehead atoms. The Morgan fingerprint density at radius 2 is 2.00 bits per heavy atom. The molecule has 13 heavy (non-hydrogen) atoms. The van der Waals surface area contributed by atoms with E-state index >= 15 is 0 Å². The topological polar surface area (TPSA) is 17.1 Å². The van der Waals surface area contributed by atoms with Gasteiger partial charge < -0.3 is 0 Å². The molecule has 4 aliphatic rings. The fourth-order valence-corrected chi connectivity index (χ4v) is 4.78. The maximum atomic E-state index is 12.0. The van der Waals surface area contributed by atoms with Crippen LogP contribution in [0, 0.1) is 22.7 Å². The van der Waals surface area contributed by atoms with E-state index in [0.717, 1.165) is 5.92 Å². The normalized spacial score (nSPS) is 58.8. The smallest absolute Gasteiger partial charge is 0.141 e. The summed E-state index contributed by atoms with van der Waals surface area (Å²) in [5.74, 6) is 1.91. The van der Waals surface area contributed by atoms with E-state index in [-0.39, 0.29) is 5.41 Å². The monoisotopic (exact) mass is 178 g/mol. The Kier molecular flexibility index (Phi) is 1.24. The molecular formula is C12H18O. The summed E-state index contributed by atoms with van der Waals surface area (Å²) in [4.78, 5) is 12.0. The first kappa shape index (κ1) is 8.02. The van der Waals surface area contributed by atoms with Gasteiger partial charge in [0.1, 0.15) is 5.78 Å². The lowest BCUT2D eigenvalue weighted by molar-refractivity contribution is -0.159. The van der Waals surface area contributed by atoms with Gasteiger partial charge in [-0.25, -0.2) is 0 Å². The van der Waals surface area contributed by atoms with Crippen molar-refractivity contribution in [2.75, 3.05) is 0 Å². The first-order valence-corrected chi connectivity index (χ1v) is 5.55. The highest BCUT2D eigenvalue weighted by Crippen LogP contribution is 2.63. The van der Waals surface area contributed by atoms with Crippen molar-refractivity contribution in [3.05, 3.63) is 0 Å². The number of carbonyl (C=O) groups excluding carboxylic acids is 1. The maximum Gasteiger partial charge on any atom is 0.141 e. The standard InChI is InChI=1S/C12H18O/c1-11-4-8-3-9(6-11)10(13)12(2,5-8)7-11/h8-9H,3-7H2,1-2H3/t8-,9+,11-,12-/m0/s1. The predicted octanol–water partition coefficient (Wildman–Crippen LogP) is 2.79. The molecule has 4 aliphatic carbocycles. The Hall–Kier alpha value is -0.330. The van der Waals surface area contributed by atoms with E-state index < -0.39 is 0 Å². The number of hydrogen-bond acceptors (Lipinski definition) is 1. The maximum absolute atomic E-state index is 12.0. The van der Waals surface area contributed by atoms with Gasteiger partial charge >= 0.3 is 0 Å². The van der Waals surface area contributed by atoms with Crippen molar-refractivity contribution in [3.8, 4) is 0 Å². The lowest BCUT2D eigenvalue weighted by Gasteiger charge is -2.59. The lowest BCUT2D eigenvalue weighted by atomic mass is 9.45. The zero-order valence-corrected chi connectivity index (χ0v) is 8.60. The molecule has 4 fully saturated rings. The van der Waals surface area contributed by atoms with E-state index in [1.165, 1.54) is 32.1 Å². The predicted molar refractivity (Wildman–Crippen MR) is 51.3 cm³/mol. The van der Waals surface area contributed by atoms with E-state index in [4.69, 9.17) is 0 Å². The van der Waals surface area contributed by atoms with Gasteiger partial charge in [0.15, 0.2) is 0 Å². The zero-order valence-electron chi connectivity index (χ0n) is 8.60. The highest BCUT2D eigenvalue weighted by atomic mass is 16.1. The molecule has 72 valence electrons. The SMILES string of the molecule is C[C@]12C[C@@H]3C[C@H](C1)C(=O)[C@@](C)(C3)C2. The average Bonchev–Trinajstić information content (AvgIpc) is 1.96. The number of carbonyl (C=O) groups is 1. The highest BCUT2D eigenvalue weighted by molar-refractivity contribution is 5.88. The Balaban J connectivity index is 2.06. The van der Waals surface area contributed by atoms with Gasteiger partial charge in [-0.15, -0.1) is 0 Å². The minimum absolute atomic E-state index is 0.0822. The Bertz CT molecular complexity index is 283. The molecule has 0 radical (unpaired) electrons. The summed E-state index contributed by atoms with van der Waals surface area (Å²) < 4.78 is 0. The van der Waals surface area contributed by atoms with Gasteiger partial charge in [0.2, 0.25) is 0 Å². The number of Topliss-reactive ketones (excluding diaryl/α,β-unsaturated/α-hetero) is 1. The molecule has 0 heterocycles. The molecule has 4 saturated carbocycles. The summed E-state index contributed by atoms with van der Waals surface area (Å²) in [5.41, 5.74) is 0.604. The van der Waals surface area contributed by atoms with Crippen molar-refractivity contribution >= 4 is 5.78 Å². The van der Waals surface area contributed by atoms with Gasteiger partial charge in [-0.05, 0) is 43.4 Å². The van der Waals surface area contributed by atoms with E-state index in [1.54, 1.807) is 0 Å². The number of ketones is 1. The summed E-state index contributed by atoms with van der Waals surface area (Å²) in [7, 11) is 0. The molecule has 0 aliphatic heterocycles. The van der Waals surface area contributed by atoms with Gasteiger partial charge in [-0.3, -0.25) is 4.79 Å².